The summed E-state index contributed by atoms with van der Waals surface area (Å²) in [7, 11) is 0. The average Bonchev–Trinajstić information content (AvgIpc) is 3.06. The molecule has 1 amide bonds. The van der Waals surface area contributed by atoms with Gasteiger partial charge < -0.3 is 10.6 Å². The van der Waals surface area contributed by atoms with E-state index in [0.717, 1.165) is 19.3 Å². The zero-order valence-corrected chi connectivity index (χ0v) is 12.1. The predicted molar refractivity (Wildman–Crippen MR) is 78.4 cm³/mol. The van der Waals surface area contributed by atoms with Crippen LogP contribution in [0.25, 0.3) is 0 Å². The van der Waals surface area contributed by atoms with Crippen LogP contribution in [0.2, 0.25) is 0 Å². The maximum atomic E-state index is 11.9. The Morgan fingerprint density at radius 1 is 1.26 bits per heavy atom. The molecule has 1 unspecified atom stereocenters. The molecular weight excluding hydrogens is 256 g/mol. The monoisotopic (exact) mass is 278 g/mol. The minimum absolute atomic E-state index is 0.161. The summed E-state index contributed by atoms with van der Waals surface area (Å²) in [5, 5.41) is 8.74. The van der Waals surface area contributed by atoms with Gasteiger partial charge in [0.25, 0.3) is 0 Å². The lowest BCUT2D eigenvalue weighted by atomic mass is 9.94. The van der Waals surface area contributed by atoms with Crippen molar-refractivity contribution in [3.63, 3.8) is 0 Å². The van der Waals surface area contributed by atoms with Crippen molar-refractivity contribution in [2.75, 3.05) is 6.54 Å². The minimum Gasteiger partial charge on any atom is -0.352 e. The minimum atomic E-state index is 0.161. The van der Waals surface area contributed by atoms with Gasteiger partial charge in [-0.1, -0.05) is 12.8 Å². The molecule has 1 fully saturated rings. The second-order valence-electron chi connectivity index (χ2n) is 5.67. The molecule has 3 nitrogen and oxygen atoms in total. The van der Waals surface area contributed by atoms with Gasteiger partial charge in [0.15, 0.2) is 0 Å². The van der Waals surface area contributed by atoms with Crippen LogP contribution in [0.3, 0.4) is 0 Å². The van der Waals surface area contributed by atoms with Crippen LogP contribution in [0.15, 0.2) is 11.4 Å². The largest absolute Gasteiger partial charge is 0.352 e. The summed E-state index contributed by atoms with van der Waals surface area (Å²) in [6.07, 6.45) is 8.43. The Kier molecular flexibility index (Phi) is 4.18. The summed E-state index contributed by atoms with van der Waals surface area (Å²) in [6.45, 7) is 0.455. The van der Waals surface area contributed by atoms with E-state index in [0.29, 0.717) is 18.6 Å². The number of carbonyl (C=O) groups is 1. The Morgan fingerprint density at radius 2 is 2.11 bits per heavy atom. The van der Waals surface area contributed by atoms with Crippen LogP contribution in [-0.2, 0) is 11.2 Å². The first-order valence-corrected chi connectivity index (χ1v) is 8.30. The maximum absolute atomic E-state index is 11.9. The highest BCUT2D eigenvalue weighted by molar-refractivity contribution is 7.10. The molecule has 0 aliphatic heterocycles. The Hall–Kier alpha value is -0.870. The second-order valence-corrected chi connectivity index (χ2v) is 6.67. The van der Waals surface area contributed by atoms with Gasteiger partial charge in [-0.25, -0.2) is 0 Å². The Morgan fingerprint density at radius 3 is 2.95 bits per heavy atom. The van der Waals surface area contributed by atoms with Gasteiger partial charge in [0, 0.05) is 17.0 Å². The molecule has 0 spiro atoms. The summed E-state index contributed by atoms with van der Waals surface area (Å²) in [5.41, 5.74) is 1.42. The Labute approximate surface area is 118 Å². The molecule has 1 atom stereocenters. The zero-order chi connectivity index (χ0) is 13.1. The van der Waals surface area contributed by atoms with E-state index in [1.807, 2.05) is 11.3 Å². The van der Waals surface area contributed by atoms with Crippen molar-refractivity contribution < 1.29 is 4.79 Å². The third-order valence-corrected chi connectivity index (χ3v) is 5.28. The van der Waals surface area contributed by atoms with E-state index in [1.165, 1.54) is 36.1 Å². The number of amides is 1. The van der Waals surface area contributed by atoms with Crippen LogP contribution in [0.1, 0.15) is 55.0 Å². The van der Waals surface area contributed by atoms with Gasteiger partial charge in [0.2, 0.25) is 5.91 Å². The van der Waals surface area contributed by atoms with Crippen LogP contribution >= 0.6 is 11.3 Å². The Balaban J connectivity index is 1.49. The van der Waals surface area contributed by atoms with Gasteiger partial charge >= 0.3 is 0 Å². The van der Waals surface area contributed by atoms with Gasteiger partial charge in [-0.05, 0) is 49.1 Å². The van der Waals surface area contributed by atoms with Crippen LogP contribution in [-0.4, -0.2) is 18.5 Å². The molecule has 4 heteroatoms. The molecule has 1 aromatic rings. The van der Waals surface area contributed by atoms with Crippen LogP contribution in [0.4, 0.5) is 0 Å². The molecule has 1 aromatic heterocycles. The van der Waals surface area contributed by atoms with Gasteiger partial charge in [0.1, 0.15) is 0 Å². The summed E-state index contributed by atoms with van der Waals surface area (Å²) in [6, 6.07) is 3.02. The molecule has 19 heavy (non-hydrogen) atoms. The number of nitrogens with one attached hydrogen (secondary N) is 2. The highest BCUT2D eigenvalue weighted by Gasteiger charge is 2.22. The van der Waals surface area contributed by atoms with Crippen molar-refractivity contribution in [3.8, 4) is 0 Å². The van der Waals surface area contributed by atoms with Crippen molar-refractivity contribution in [3.05, 3.63) is 21.9 Å². The molecule has 104 valence electrons. The van der Waals surface area contributed by atoms with Crippen molar-refractivity contribution in [1.82, 2.24) is 10.6 Å². The molecule has 0 aromatic carbocycles. The third-order valence-electron chi connectivity index (χ3n) is 4.28. The van der Waals surface area contributed by atoms with Crippen molar-refractivity contribution in [1.29, 1.82) is 0 Å². The molecule has 3 rings (SSSR count). The van der Waals surface area contributed by atoms with Crippen LogP contribution in [0, 0.1) is 0 Å². The van der Waals surface area contributed by atoms with E-state index in [9.17, 15) is 4.79 Å². The number of aryl methyl sites for hydroxylation is 1. The van der Waals surface area contributed by atoms with E-state index < -0.39 is 0 Å². The molecule has 1 saturated carbocycles. The third kappa shape index (κ3) is 3.18. The van der Waals surface area contributed by atoms with Gasteiger partial charge in [0.05, 0.1) is 6.54 Å². The first-order chi connectivity index (χ1) is 9.33. The summed E-state index contributed by atoms with van der Waals surface area (Å²) in [5.74, 6) is 0.161. The van der Waals surface area contributed by atoms with E-state index in [-0.39, 0.29) is 5.91 Å². The molecule has 0 bridgehead atoms. The van der Waals surface area contributed by atoms with Gasteiger partial charge in [-0.15, -0.1) is 11.3 Å². The van der Waals surface area contributed by atoms with Crippen LogP contribution < -0.4 is 10.6 Å². The molecule has 2 N–H and O–H groups in total. The van der Waals surface area contributed by atoms with Crippen LogP contribution in [0.5, 0.6) is 0 Å². The lowest BCUT2D eigenvalue weighted by Gasteiger charge is -2.24. The van der Waals surface area contributed by atoms with Gasteiger partial charge in [-0.2, -0.15) is 0 Å². The molecule has 1 heterocycles. The normalized spacial score (nSPS) is 23.3. The first kappa shape index (κ1) is 13.1. The quantitative estimate of drug-likeness (QED) is 0.889. The first-order valence-electron chi connectivity index (χ1n) is 7.42. The van der Waals surface area contributed by atoms with Crippen molar-refractivity contribution >= 4 is 17.2 Å². The number of rotatable bonds is 4. The highest BCUT2D eigenvalue weighted by Crippen LogP contribution is 2.33. The van der Waals surface area contributed by atoms with E-state index in [2.05, 4.69) is 22.1 Å². The maximum Gasteiger partial charge on any atom is 0.234 e. The number of carbonyl (C=O) groups excluding carboxylic acids is 1. The highest BCUT2D eigenvalue weighted by atomic mass is 32.1. The number of fused-ring (bicyclic) bond motifs is 1. The summed E-state index contributed by atoms with van der Waals surface area (Å²) >= 11 is 1.85. The fourth-order valence-electron chi connectivity index (χ4n) is 3.26. The molecule has 0 saturated heterocycles. The van der Waals surface area contributed by atoms with E-state index in [1.54, 1.807) is 0 Å². The Bertz CT molecular complexity index is 437. The van der Waals surface area contributed by atoms with Crippen molar-refractivity contribution in [2.45, 2.75) is 57.0 Å². The molecule has 0 radical (unpaired) electrons. The predicted octanol–water partition coefficient (Wildman–Crippen LogP) is 2.77. The number of thiophene rings is 1. The standard InChI is InChI=1S/C15H22N2OS/c18-15(17-11-4-1-2-5-11)10-16-13-6-3-7-14-12(13)8-9-19-14/h8-9,11,13,16H,1-7,10H2,(H,17,18). The summed E-state index contributed by atoms with van der Waals surface area (Å²) < 4.78 is 0. The number of hydrogen-bond donors (Lipinski definition) is 2. The molecule has 2 aliphatic rings. The zero-order valence-electron chi connectivity index (χ0n) is 11.3. The average molecular weight is 278 g/mol. The molecule has 2 aliphatic carbocycles. The topological polar surface area (TPSA) is 41.1 Å². The van der Waals surface area contributed by atoms with Gasteiger partial charge in [-0.3, -0.25) is 4.79 Å². The molecular formula is C15H22N2OS. The fraction of sp³-hybridized carbons (Fsp3) is 0.667. The van der Waals surface area contributed by atoms with E-state index in [4.69, 9.17) is 0 Å². The number of hydrogen-bond acceptors (Lipinski definition) is 3. The SMILES string of the molecule is O=C(CNC1CCCc2sccc21)NC1CCCC1. The smallest absolute Gasteiger partial charge is 0.234 e. The lowest BCUT2D eigenvalue weighted by molar-refractivity contribution is -0.121. The lowest BCUT2D eigenvalue weighted by Crippen LogP contribution is -2.40. The van der Waals surface area contributed by atoms with E-state index >= 15 is 0 Å². The fourth-order valence-corrected chi connectivity index (χ4v) is 4.25. The van der Waals surface area contributed by atoms with Crippen molar-refractivity contribution in [2.24, 2.45) is 0 Å². The second kappa shape index (κ2) is 6.06. The summed E-state index contributed by atoms with van der Waals surface area (Å²) in [4.78, 5) is 13.4.